The summed E-state index contributed by atoms with van der Waals surface area (Å²) in [5, 5.41) is 8.74. The highest BCUT2D eigenvalue weighted by Gasteiger charge is 2.20. The molecular weight excluding hydrogens is 366 g/mol. The van der Waals surface area contributed by atoms with Crippen LogP contribution in [0.3, 0.4) is 0 Å². The van der Waals surface area contributed by atoms with Crippen molar-refractivity contribution in [3.05, 3.63) is 41.5 Å². The van der Waals surface area contributed by atoms with E-state index in [0.717, 1.165) is 36.2 Å². The molecule has 28 heavy (non-hydrogen) atoms. The minimum Gasteiger partial charge on any atom is -0.404 e. The quantitative estimate of drug-likeness (QED) is 0.460. The van der Waals surface area contributed by atoms with E-state index in [0.29, 0.717) is 11.6 Å². The SMILES string of the molecule is Cc1cc(NC2=CC(N)N=C(C(F)F)N2)ncc1/C(C=NC1CCNC1)=C/N. The molecule has 8 nitrogen and oxygen atoms in total. The van der Waals surface area contributed by atoms with Crippen LogP contribution in [0.5, 0.6) is 0 Å². The summed E-state index contributed by atoms with van der Waals surface area (Å²) in [5.41, 5.74) is 14.0. The van der Waals surface area contributed by atoms with E-state index in [1.54, 1.807) is 18.5 Å². The lowest BCUT2D eigenvalue weighted by molar-refractivity contribution is 0.220. The van der Waals surface area contributed by atoms with Gasteiger partial charge in [0.2, 0.25) is 0 Å². The van der Waals surface area contributed by atoms with Crippen LogP contribution in [0.1, 0.15) is 17.5 Å². The van der Waals surface area contributed by atoms with E-state index >= 15 is 0 Å². The maximum atomic E-state index is 12.9. The topological polar surface area (TPSA) is 126 Å². The summed E-state index contributed by atoms with van der Waals surface area (Å²) in [4.78, 5) is 12.6. The van der Waals surface area contributed by atoms with E-state index in [4.69, 9.17) is 11.5 Å². The predicted molar refractivity (Wildman–Crippen MR) is 107 cm³/mol. The molecule has 2 aliphatic heterocycles. The van der Waals surface area contributed by atoms with Crippen molar-refractivity contribution in [2.24, 2.45) is 21.5 Å². The number of aliphatic imine (C=N–C) groups is 2. The Hall–Kier alpha value is -2.85. The summed E-state index contributed by atoms with van der Waals surface area (Å²) >= 11 is 0. The molecule has 3 heterocycles. The number of anilines is 1. The fraction of sp³-hybridized carbons (Fsp3) is 0.389. The summed E-state index contributed by atoms with van der Waals surface area (Å²) in [6, 6.07) is 2.05. The van der Waals surface area contributed by atoms with Crippen molar-refractivity contribution in [3.8, 4) is 0 Å². The van der Waals surface area contributed by atoms with Crippen molar-refractivity contribution in [1.29, 1.82) is 0 Å². The first-order valence-corrected chi connectivity index (χ1v) is 8.96. The normalized spacial score (nSPS) is 23.0. The highest BCUT2D eigenvalue weighted by atomic mass is 19.3. The van der Waals surface area contributed by atoms with Crippen LogP contribution in [-0.2, 0) is 0 Å². The second kappa shape index (κ2) is 8.89. The Balaban J connectivity index is 1.71. The lowest BCUT2D eigenvalue weighted by atomic mass is 10.0. The van der Waals surface area contributed by atoms with Gasteiger partial charge in [-0.1, -0.05) is 0 Å². The molecular formula is C18H24F2N8. The van der Waals surface area contributed by atoms with Crippen LogP contribution >= 0.6 is 0 Å². The largest absolute Gasteiger partial charge is 0.404 e. The number of nitrogens with zero attached hydrogens (tertiary/aromatic N) is 3. The van der Waals surface area contributed by atoms with Crippen LogP contribution < -0.4 is 27.4 Å². The first-order chi connectivity index (χ1) is 13.5. The van der Waals surface area contributed by atoms with Gasteiger partial charge in [0, 0.05) is 36.3 Å². The molecule has 2 aliphatic rings. The zero-order chi connectivity index (χ0) is 20.1. The Morgan fingerprint density at radius 1 is 1.46 bits per heavy atom. The van der Waals surface area contributed by atoms with Crippen LogP contribution in [0.25, 0.3) is 5.57 Å². The molecule has 10 heteroatoms. The van der Waals surface area contributed by atoms with Gasteiger partial charge in [-0.25, -0.2) is 18.8 Å². The number of nitrogens with one attached hydrogen (secondary N) is 3. The summed E-state index contributed by atoms with van der Waals surface area (Å²) in [5.74, 6) is 0.315. The van der Waals surface area contributed by atoms with Gasteiger partial charge in [0.05, 0.1) is 6.04 Å². The Kier molecular flexibility index (Phi) is 6.32. The molecule has 2 unspecified atom stereocenters. The van der Waals surface area contributed by atoms with Crippen LogP contribution in [0.15, 0.2) is 40.3 Å². The van der Waals surface area contributed by atoms with Gasteiger partial charge in [0.1, 0.15) is 17.8 Å². The zero-order valence-electron chi connectivity index (χ0n) is 15.5. The first-order valence-electron chi connectivity index (χ1n) is 8.96. The van der Waals surface area contributed by atoms with Crippen molar-refractivity contribution in [3.63, 3.8) is 0 Å². The minimum atomic E-state index is -2.74. The van der Waals surface area contributed by atoms with Crippen LogP contribution in [-0.4, -0.2) is 48.8 Å². The summed E-state index contributed by atoms with van der Waals surface area (Å²) in [6.07, 6.45) is 3.86. The number of amidine groups is 1. The third-order valence-corrected chi connectivity index (χ3v) is 4.42. The highest BCUT2D eigenvalue weighted by Crippen LogP contribution is 2.20. The van der Waals surface area contributed by atoms with Gasteiger partial charge in [-0.05, 0) is 37.6 Å². The molecule has 7 N–H and O–H groups in total. The molecule has 0 radical (unpaired) electrons. The smallest absolute Gasteiger partial charge is 0.295 e. The summed E-state index contributed by atoms with van der Waals surface area (Å²) in [7, 11) is 0. The molecule has 150 valence electrons. The Morgan fingerprint density at radius 3 is 2.93 bits per heavy atom. The molecule has 0 saturated carbocycles. The van der Waals surface area contributed by atoms with E-state index < -0.39 is 18.4 Å². The number of aromatic nitrogens is 1. The van der Waals surface area contributed by atoms with Gasteiger partial charge in [0.15, 0.2) is 5.84 Å². The van der Waals surface area contributed by atoms with Crippen LogP contribution in [0, 0.1) is 6.92 Å². The number of alkyl halides is 2. The van der Waals surface area contributed by atoms with E-state index in [1.165, 1.54) is 12.3 Å². The van der Waals surface area contributed by atoms with Gasteiger partial charge in [-0.2, -0.15) is 0 Å². The fourth-order valence-corrected chi connectivity index (χ4v) is 2.98. The van der Waals surface area contributed by atoms with E-state index in [1.807, 2.05) is 6.92 Å². The standard InChI is InChI=1S/C18H24F2N8/c1-10-4-15(27-16-5-14(22)26-18(28-16)17(19)20)25-9-13(10)11(6-21)7-24-12-2-3-23-8-12/h4-7,9,12,14,17,23H,2-3,8,21-22H2,1H3,(H,25,27)(H,26,28)/b11-6+,24-7?. The summed E-state index contributed by atoms with van der Waals surface area (Å²) < 4.78 is 25.8. The van der Waals surface area contributed by atoms with Crippen molar-refractivity contribution < 1.29 is 8.78 Å². The van der Waals surface area contributed by atoms with E-state index in [2.05, 4.69) is 30.9 Å². The van der Waals surface area contributed by atoms with Crippen molar-refractivity contribution in [2.45, 2.75) is 32.0 Å². The number of allylic oxidation sites excluding steroid dienone is 1. The maximum Gasteiger partial charge on any atom is 0.295 e. The molecule has 0 aromatic carbocycles. The monoisotopic (exact) mass is 390 g/mol. The highest BCUT2D eigenvalue weighted by molar-refractivity contribution is 6.10. The number of pyridine rings is 1. The first kappa shape index (κ1) is 19.9. The van der Waals surface area contributed by atoms with Gasteiger partial charge < -0.3 is 27.4 Å². The fourth-order valence-electron chi connectivity index (χ4n) is 2.98. The predicted octanol–water partition coefficient (Wildman–Crippen LogP) is 0.927. The molecule has 0 amide bonds. The number of aryl methyl sites for hydroxylation is 1. The van der Waals surface area contributed by atoms with Crippen LogP contribution in [0.4, 0.5) is 14.6 Å². The molecule has 0 aliphatic carbocycles. The van der Waals surface area contributed by atoms with Gasteiger partial charge >= 0.3 is 0 Å². The Labute approximate surface area is 161 Å². The van der Waals surface area contributed by atoms with E-state index in [-0.39, 0.29) is 6.04 Å². The second-order valence-electron chi connectivity index (χ2n) is 6.57. The molecule has 1 fully saturated rings. The van der Waals surface area contributed by atoms with E-state index in [9.17, 15) is 8.78 Å². The van der Waals surface area contributed by atoms with Gasteiger partial charge in [0.25, 0.3) is 6.43 Å². The molecule has 2 atom stereocenters. The summed E-state index contributed by atoms with van der Waals surface area (Å²) in [6.45, 7) is 3.75. The third kappa shape index (κ3) is 4.90. The molecule has 0 spiro atoms. The lowest BCUT2D eigenvalue weighted by Crippen LogP contribution is -2.39. The van der Waals surface area contributed by atoms with Crippen molar-refractivity contribution in [1.82, 2.24) is 15.6 Å². The minimum absolute atomic E-state index is 0.253. The zero-order valence-corrected chi connectivity index (χ0v) is 15.5. The van der Waals surface area contributed by atoms with Gasteiger partial charge in [-0.15, -0.1) is 0 Å². The maximum absolute atomic E-state index is 12.9. The molecule has 1 aromatic heterocycles. The molecule has 1 aromatic rings. The Morgan fingerprint density at radius 2 is 2.29 bits per heavy atom. The number of hydrogen-bond acceptors (Lipinski definition) is 8. The second-order valence-corrected chi connectivity index (χ2v) is 6.57. The molecule has 0 bridgehead atoms. The van der Waals surface area contributed by atoms with Crippen molar-refractivity contribution >= 4 is 23.4 Å². The van der Waals surface area contributed by atoms with Crippen LogP contribution in [0.2, 0.25) is 0 Å². The van der Waals surface area contributed by atoms with Gasteiger partial charge in [-0.3, -0.25) is 4.99 Å². The Bertz CT molecular complexity index is 825. The number of hydrogen-bond donors (Lipinski definition) is 5. The molecule has 1 saturated heterocycles. The number of rotatable bonds is 6. The average Bonchev–Trinajstić information content (AvgIpc) is 3.16. The average molecular weight is 390 g/mol. The van der Waals surface area contributed by atoms with Crippen molar-refractivity contribution in [2.75, 3.05) is 18.4 Å². The number of halogens is 2. The number of nitrogens with two attached hydrogens (primary N) is 2. The third-order valence-electron chi connectivity index (χ3n) is 4.42. The molecule has 3 rings (SSSR count). The lowest BCUT2D eigenvalue weighted by Gasteiger charge is -2.21.